The molecule has 1 saturated heterocycles. The van der Waals surface area contributed by atoms with E-state index >= 15 is 0 Å². The smallest absolute Gasteiger partial charge is 0.224 e. The molecule has 2 aromatic carbocycles. The van der Waals surface area contributed by atoms with Crippen LogP contribution in [-0.2, 0) is 22.5 Å². The summed E-state index contributed by atoms with van der Waals surface area (Å²) < 4.78 is 7.42. The van der Waals surface area contributed by atoms with Gasteiger partial charge in [0.25, 0.3) is 0 Å². The molecule has 1 aliphatic heterocycles. The zero-order valence-corrected chi connectivity index (χ0v) is 21.5. The van der Waals surface area contributed by atoms with Gasteiger partial charge in [0.15, 0.2) is 11.6 Å². The van der Waals surface area contributed by atoms with Crippen LogP contribution >= 0.6 is 0 Å². The fourth-order valence-corrected chi connectivity index (χ4v) is 4.76. The summed E-state index contributed by atoms with van der Waals surface area (Å²) >= 11 is 0. The summed E-state index contributed by atoms with van der Waals surface area (Å²) in [6.45, 7) is 3.79. The molecule has 4 heterocycles. The van der Waals surface area contributed by atoms with Crippen LogP contribution in [0.4, 0.5) is 17.2 Å². The van der Waals surface area contributed by atoms with Gasteiger partial charge in [-0.05, 0) is 59.7 Å². The summed E-state index contributed by atoms with van der Waals surface area (Å²) in [5.74, 6) is 1.29. The summed E-state index contributed by atoms with van der Waals surface area (Å²) in [5, 5.41) is 16.2. The molecule has 3 aromatic heterocycles. The zero-order valence-electron chi connectivity index (χ0n) is 21.5. The van der Waals surface area contributed by atoms with Gasteiger partial charge in [-0.1, -0.05) is 24.3 Å². The van der Waals surface area contributed by atoms with Crippen molar-refractivity contribution in [2.75, 3.05) is 36.5 Å². The van der Waals surface area contributed by atoms with Gasteiger partial charge < -0.3 is 20.3 Å². The van der Waals surface area contributed by atoms with Crippen molar-refractivity contribution in [1.29, 1.82) is 0 Å². The van der Waals surface area contributed by atoms with Crippen molar-refractivity contribution >= 4 is 34.0 Å². The second kappa shape index (κ2) is 11.3. The average molecular weight is 520 g/mol. The lowest BCUT2D eigenvalue weighted by molar-refractivity contribution is -0.120. The maximum absolute atomic E-state index is 12.7. The third kappa shape index (κ3) is 5.73. The summed E-state index contributed by atoms with van der Waals surface area (Å²) in [4.78, 5) is 19.1. The minimum absolute atomic E-state index is 0.0490. The first-order valence-corrected chi connectivity index (χ1v) is 13.0. The Morgan fingerprint density at radius 3 is 2.54 bits per heavy atom. The maximum atomic E-state index is 12.7. The van der Waals surface area contributed by atoms with E-state index in [1.165, 1.54) is 5.69 Å². The van der Waals surface area contributed by atoms with Crippen LogP contribution in [0.1, 0.15) is 11.1 Å². The summed E-state index contributed by atoms with van der Waals surface area (Å²) in [6, 6.07) is 24.0. The van der Waals surface area contributed by atoms with Gasteiger partial charge in [0.1, 0.15) is 0 Å². The second-order valence-corrected chi connectivity index (χ2v) is 9.40. The number of hydrogen-bond acceptors (Lipinski definition) is 7. The largest absolute Gasteiger partial charge is 0.378 e. The molecule has 5 aromatic rings. The van der Waals surface area contributed by atoms with Crippen LogP contribution in [0.15, 0.2) is 91.4 Å². The standard InChI is InChI=1S/C30H29N7O2/c38-30(32-20-22-4-3-13-31-19-22)18-23-21-37(27-6-2-1-5-26(23)27)29-12-11-28(34-35-29)33-24-7-9-25(10-8-24)36-14-16-39-17-15-36/h1-13,19,21H,14-18,20H2,(H,32,38)(H,33,34). The molecule has 1 fully saturated rings. The van der Waals surface area contributed by atoms with Gasteiger partial charge in [0, 0.05) is 55.0 Å². The molecule has 0 unspecified atom stereocenters. The minimum atomic E-state index is -0.0490. The van der Waals surface area contributed by atoms with Crippen LogP contribution in [-0.4, -0.2) is 52.0 Å². The third-order valence-corrected chi connectivity index (χ3v) is 6.77. The molecule has 6 rings (SSSR count). The highest BCUT2D eigenvalue weighted by Gasteiger charge is 2.14. The van der Waals surface area contributed by atoms with Gasteiger partial charge in [0.05, 0.1) is 25.2 Å². The van der Waals surface area contributed by atoms with Crippen molar-refractivity contribution in [3.05, 3.63) is 103 Å². The van der Waals surface area contributed by atoms with E-state index in [1.54, 1.807) is 12.4 Å². The number of morpholine rings is 1. The Labute approximate surface area is 226 Å². The maximum Gasteiger partial charge on any atom is 0.224 e. The number of nitrogens with zero attached hydrogens (tertiary/aromatic N) is 5. The van der Waals surface area contributed by atoms with E-state index in [-0.39, 0.29) is 12.3 Å². The van der Waals surface area contributed by atoms with Crippen molar-refractivity contribution in [3.8, 4) is 5.82 Å². The number of aromatic nitrogens is 4. The summed E-state index contributed by atoms with van der Waals surface area (Å²) in [5.41, 5.74) is 5.00. The number of ether oxygens (including phenoxy) is 1. The van der Waals surface area contributed by atoms with E-state index in [1.807, 2.05) is 71.4 Å². The lowest BCUT2D eigenvalue weighted by Gasteiger charge is -2.28. The molecule has 0 bridgehead atoms. The van der Waals surface area contributed by atoms with Gasteiger partial charge in [-0.15, -0.1) is 10.2 Å². The minimum Gasteiger partial charge on any atom is -0.378 e. The summed E-state index contributed by atoms with van der Waals surface area (Å²) in [7, 11) is 0. The number of carbonyl (C=O) groups excluding carboxylic acids is 1. The van der Waals surface area contributed by atoms with Gasteiger partial charge in [-0.3, -0.25) is 14.3 Å². The highest BCUT2D eigenvalue weighted by Crippen LogP contribution is 2.26. The fourth-order valence-electron chi connectivity index (χ4n) is 4.76. The highest BCUT2D eigenvalue weighted by molar-refractivity contribution is 5.90. The molecular formula is C30H29N7O2. The molecule has 0 aliphatic carbocycles. The van der Waals surface area contributed by atoms with E-state index in [0.717, 1.165) is 54.0 Å². The first-order valence-electron chi connectivity index (χ1n) is 13.0. The van der Waals surface area contributed by atoms with E-state index in [9.17, 15) is 4.79 Å². The Bertz CT molecular complexity index is 1540. The average Bonchev–Trinajstić information content (AvgIpc) is 3.36. The second-order valence-electron chi connectivity index (χ2n) is 9.40. The Hall–Kier alpha value is -4.76. The molecule has 0 atom stereocenters. The van der Waals surface area contributed by atoms with Crippen LogP contribution in [0.3, 0.4) is 0 Å². The Balaban J connectivity index is 1.15. The van der Waals surface area contributed by atoms with E-state index in [4.69, 9.17) is 4.74 Å². The Morgan fingerprint density at radius 1 is 0.923 bits per heavy atom. The molecule has 9 heteroatoms. The summed E-state index contributed by atoms with van der Waals surface area (Å²) in [6.07, 6.45) is 5.70. The number of nitrogens with one attached hydrogen (secondary N) is 2. The number of anilines is 3. The molecule has 9 nitrogen and oxygen atoms in total. The van der Waals surface area contributed by atoms with Gasteiger partial charge in [-0.25, -0.2) is 0 Å². The van der Waals surface area contributed by atoms with Crippen LogP contribution in [0, 0.1) is 0 Å². The molecule has 0 radical (unpaired) electrons. The van der Waals surface area contributed by atoms with Crippen molar-refractivity contribution in [3.63, 3.8) is 0 Å². The zero-order chi connectivity index (χ0) is 26.4. The van der Waals surface area contributed by atoms with Crippen molar-refractivity contribution < 1.29 is 9.53 Å². The van der Waals surface area contributed by atoms with E-state index in [2.05, 4.69) is 42.8 Å². The van der Waals surface area contributed by atoms with Crippen LogP contribution in [0.2, 0.25) is 0 Å². The van der Waals surface area contributed by atoms with Crippen molar-refractivity contribution in [2.24, 2.45) is 0 Å². The van der Waals surface area contributed by atoms with Crippen molar-refractivity contribution in [2.45, 2.75) is 13.0 Å². The molecule has 2 N–H and O–H groups in total. The van der Waals surface area contributed by atoms with Gasteiger partial charge in [0.2, 0.25) is 5.91 Å². The highest BCUT2D eigenvalue weighted by atomic mass is 16.5. The number of hydrogen-bond donors (Lipinski definition) is 2. The molecule has 0 saturated carbocycles. The van der Waals surface area contributed by atoms with Crippen LogP contribution in [0.25, 0.3) is 16.7 Å². The number of carbonyl (C=O) groups is 1. The van der Waals surface area contributed by atoms with Crippen LogP contribution in [0.5, 0.6) is 0 Å². The van der Waals surface area contributed by atoms with Gasteiger partial charge in [-0.2, -0.15) is 0 Å². The molecule has 1 amide bonds. The fraction of sp³-hybridized carbons (Fsp3) is 0.200. The first-order chi connectivity index (χ1) is 19.2. The predicted octanol–water partition coefficient (Wildman–Crippen LogP) is 4.25. The third-order valence-electron chi connectivity index (χ3n) is 6.77. The number of para-hydroxylation sites is 1. The predicted molar refractivity (Wildman–Crippen MR) is 151 cm³/mol. The Kier molecular flexibility index (Phi) is 7.13. The molecule has 196 valence electrons. The normalized spacial score (nSPS) is 13.4. The lowest BCUT2D eigenvalue weighted by atomic mass is 10.1. The van der Waals surface area contributed by atoms with Gasteiger partial charge >= 0.3 is 0 Å². The lowest BCUT2D eigenvalue weighted by Crippen LogP contribution is -2.36. The number of amides is 1. The molecular weight excluding hydrogens is 490 g/mol. The quantitative estimate of drug-likeness (QED) is 0.316. The topological polar surface area (TPSA) is 97.2 Å². The van der Waals surface area contributed by atoms with Crippen LogP contribution < -0.4 is 15.5 Å². The number of pyridine rings is 1. The molecule has 1 aliphatic rings. The van der Waals surface area contributed by atoms with Crippen molar-refractivity contribution in [1.82, 2.24) is 25.1 Å². The van der Waals surface area contributed by atoms with E-state index < -0.39 is 0 Å². The molecule has 0 spiro atoms. The SMILES string of the molecule is O=C(Cc1cn(-c2ccc(Nc3ccc(N4CCOCC4)cc3)nn2)c2ccccc12)NCc1cccnc1. The number of benzene rings is 2. The Morgan fingerprint density at radius 2 is 1.77 bits per heavy atom. The first kappa shape index (κ1) is 24.6. The number of rotatable bonds is 8. The van der Waals surface area contributed by atoms with E-state index in [0.29, 0.717) is 18.2 Å². The monoisotopic (exact) mass is 519 g/mol. The number of fused-ring (bicyclic) bond motifs is 1. The molecule has 39 heavy (non-hydrogen) atoms.